The number of ketones is 1. The van der Waals surface area contributed by atoms with E-state index in [1.165, 1.54) is 43.8 Å². The summed E-state index contributed by atoms with van der Waals surface area (Å²) in [6.45, 7) is -1.18. The second-order valence-corrected chi connectivity index (χ2v) is 8.44. The smallest absolute Gasteiger partial charge is 0.387 e. The van der Waals surface area contributed by atoms with E-state index in [0.717, 1.165) is 5.01 Å². The molecule has 0 aliphatic carbocycles. The van der Waals surface area contributed by atoms with Crippen LogP contribution >= 0.6 is 0 Å². The monoisotopic (exact) mass is 508 g/mol. The molecule has 0 spiro atoms. The van der Waals surface area contributed by atoms with Crippen LogP contribution in [-0.2, 0) is 10.5 Å². The van der Waals surface area contributed by atoms with E-state index < -0.39 is 24.0 Å². The first-order valence-corrected chi connectivity index (χ1v) is 11.6. The van der Waals surface area contributed by atoms with Crippen molar-refractivity contribution in [2.75, 3.05) is 7.11 Å². The lowest BCUT2D eigenvalue weighted by atomic mass is 9.86. The Bertz CT molecular complexity index is 1300. The van der Waals surface area contributed by atoms with E-state index in [-0.39, 0.29) is 29.4 Å². The van der Waals surface area contributed by atoms with Crippen molar-refractivity contribution in [3.05, 3.63) is 89.7 Å². The average Bonchev–Trinajstić information content (AvgIpc) is 2.92. The van der Waals surface area contributed by atoms with Gasteiger partial charge in [-0.15, -0.1) is 0 Å². The summed E-state index contributed by atoms with van der Waals surface area (Å²) >= 11 is 0. The molecule has 1 aliphatic heterocycles. The van der Waals surface area contributed by atoms with Gasteiger partial charge in [-0.3, -0.25) is 20.3 Å². The molecule has 0 bridgehead atoms. The molecule has 0 saturated heterocycles. The van der Waals surface area contributed by atoms with Gasteiger partial charge in [0.1, 0.15) is 0 Å². The molecule has 192 valence electrons. The van der Waals surface area contributed by atoms with Crippen LogP contribution in [0.1, 0.15) is 41.3 Å². The molecule has 1 aliphatic rings. The summed E-state index contributed by atoms with van der Waals surface area (Å²) in [6, 6.07) is 16.0. The summed E-state index contributed by atoms with van der Waals surface area (Å²) < 4.78 is 35.9. The number of nitrogens with zero attached hydrogens (tertiary/aromatic N) is 3. The van der Waals surface area contributed by atoms with Crippen LogP contribution in [-0.4, -0.2) is 41.1 Å². The van der Waals surface area contributed by atoms with Gasteiger partial charge in [0.2, 0.25) is 17.4 Å². The molecule has 10 heteroatoms. The first kappa shape index (κ1) is 25.9. The number of carbonyl (C=O) groups excluding carboxylic acids is 2. The highest BCUT2D eigenvalue weighted by Gasteiger charge is 2.48. The third-order valence-electron chi connectivity index (χ3n) is 6.26. The Balaban J connectivity index is 1.89. The van der Waals surface area contributed by atoms with Crippen LogP contribution in [0.5, 0.6) is 11.5 Å². The van der Waals surface area contributed by atoms with Crippen LogP contribution in [0, 0.1) is 5.92 Å². The number of amides is 1. The number of rotatable bonds is 9. The van der Waals surface area contributed by atoms with Crippen molar-refractivity contribution >= 4 is 17.4 Å². The maximum Gasteiger partial charge on any atom is 0.387 e. The lowest BCUT2D eigenvalue weighted by molar-refractivity contribution is -0.138. The molecule has 3 aromatic rings. The Hall–Kier alpha value is -4.18. The van der Waals surface area contributed by atoms with Crippen LogP contribution in [0.3, 0.4) is 0 Å². The minimum Gasteiger partial charge on any atom is -0.493 e. The highest BCUT2D eigenvalue weighted by Crippen LogP contribution is 2.36. The van der Waals surface area contributed by atoms with Gasteiger partial charge in [-0.25, -0.2) is 5.01 Å². The van der Waals surface area contributed by atoms with E-state index in [1.807, 2.05) is 6.92 Å². The number of aromatic nitrogens is 1. The van der Waals surface area contributed by atoms with Gasteiger partial charge < -0.3 is 9.47 Å². The number of hydrogen-bond donors (Lipinski definition) is 1. The van der Waals surface area contributed by atoms with Gasteiger partial charge in [0.05, 0.1) is 12.8 Å². The predicted molar refractivity (Wildman–Crippen MR) is 132 cm³/mol. The molecule has 4 rings (SSSR count). The van der Waals surface area contributed by atoms with Crippen LogP contribution in [0.2, 0.25) is 0 Å². The molecule has 0 radical (unpaired) electrons. The third-order valence-corrected chi connectivity index (χ3v) is 6.26. The Labute approximate surface area is 212 Å². The molecular weight excluding hydrogens is 482 g/mol. The Kier molecular flexibility index (Phi) is 7.58. The fraction of sp³-hybridized carbons (Fsp3) is 0.259. The molecule has 0 saturated carbocycles. The SMILES string of the molecule is CCC1CC(=O)N(C(N)(C(=O)c2ccncc2)c2ccccc2)N=C1c1ccc(OC)c(OC(F)F)c1. The molecule has 2 heterocycles. The van der Waals surface area contributed by atoms with Gasteiger partial charge in [0.15, 0.2) is 11.5 Å². The normalized spacial score (nSPS) is 17.2. The van der Waals surface area contributed by atoms with E-state index in [9.17, 15) is 18.4 Å². The van der Waals surface area contributed by atoms with Crippen molar-refractivity contribution in [1.29, 1.82) is 0 Å². The quantitative estimate of drug-likeness (QED) is 0.431. The third kappa shape index (κ3) is 5.05. The highest BCUT2D eigenvalue weighted by molar-refractivity contribution is 6.09. The topological polar surface area (TPSA) is 107 Å². The minimum absolute atomic E-state index is 0.0157. The zero-order chi connectivity index (χ0) is 26.6. The van der Waals surface area contributed by atoms with Crippen molar-refractivity contribution in [3.63, 3.8) is 0 Å². The predicted octanol–water partition coefficient (Wildman–Crippen LogP) is 4.35. The van der Waals surface area contributed by atoms with Crippen LogP contribution in [0.4, 0.5) is 8.78 Å². The molecular formula is C27H26F2N4O4. The molecule has 1 aromatic heterocycles. The number of nitrogens with two attached hydrogens (primary N) is 1. The number of alkyl halides is 2. The lowest BCUT2D eigenvalue weighted by Gasteiger charge is -2.40. The zero-order valence-corrected chi connectivity index (χ0v) is 20.3. The van der Waals surface area contributed by atoms with E-state index in [1.54, 1.807) is 36.4 Å². The van der Waals surface area contributed by atoms with Crippen molar-refractivity contribution in [3.8, 4) is 11.5 Å². The first-order chi connectivity index (χ1) is 17.8. The second-order valence-electron chi connectivity index (χ2n) is 8.44. The van der Waals surface area contributed by atoms with E-state index >= 15 is 0 Å². The maximum atomic E-state index is 13.8. The summed E-state index contributed by atoms with van der Waals surface area (Å²) in [5, 5.41) is 5.62. The van der Waals surface area contributed by atoms with Gasteiger partial charge in [0, 0.05) is 41.4 Å². The molecule has 2 unspecified atom stereocenters. The first-order valence-electron chi connectivity index (χ1n) is 11.6. The number of carbonyl (C=O) groups is 2. The van der Waals surface area contributed by atoms with Crippen molar-refractivity contribution in [1.82, 2.24) is 9.99 Å². The van der Waals surface area contributed by atoms with Crippen LogP contribution in [0.15, 0.2) is 78.2 Å². The largest absolute Gasteiger partial charge is 0.493 e. The number of Topliss-reactive ketones (excluding diaryl/α,β-unsaturated/α-hetero) is 1. The summed E-state index contributed by atoms with van der Waals surface area (Å²) in [5.41, 5.74) is 6.30. The van der Waals surface area contributed by atoms with Crippen molar-refractivity contribution in [2.24, 2.45) is 16.8 Å². The average molecular weight is 509 g/mol. The highest BCUT2D eigenvalue weighted by atomic mass is 19.3. The van der Waals surface area contributed by atoms with E-state index in [4.69, 9.17) is 10.5 Å². The van der Waals surface area contributed by atoms with Gasteiger partial charge in [0.25, 0.3) is 0 Å². The number of hydrogen-bond acceptors (Lipinski definition) is 7. The molecule has 2 atom stereocenters. The maximum absolute atomic E-state index is 13.8. The van der Waals surface area contributed by atoms with E-state index in [0.29, 0.717) is 23.3 Å². The summed E-state index contributed by atoms with van der Waals surface area (Å²) in [4.78, 5) is 31.2. The van der Waals surface area contributed by atoms with Crippen LogP contribution in [0.25, 0.3) is 0 Å². The van der Waals surface area contributed by atoms with Crippen molar-refractivity contribution in [2.45, 2.75) is 32.0 Å². The van der Waals surface area contributed by atoms with E-state index in [2.05, 4.69) is 14.8 Å². The Morgan fingerprint density at radius 3 is 2.46 bits per heavy atom. The number of pyridine rings is 1. The Morgan fingerprint density at radius 2 is 1.84 bits per heavy atom. The minimum atomic E-state index is -3.06. The Morgan fingerprint density at radius 1 is 1.14 bits per heavy atom. The van der Waals surface area contributed by atoms with Crippen LogP contribution < -0.4 is 15.2 Å². The summed E-state index contributed by atoms with van der Waals surface area (Å²) in [7, 11) is 1.34. The summed E-state index contributed by atoms with van der Waals surface area (Å²) in [6.07, 6.45) is 3.47. The zero-order valence-electron chi connectivity index (χ0n) is 20.3. The standard InChI is InChI=1S/C27H26F2N4O4/c1-3-17-16-23(34)33(32-24(17)19-9-10-21(36-2)22(15-19)37-26(28)29)27(30,20-7-5-4-6-8-20)25(35)18-11-13-31-14-12-18/h4-15,17,26H,3,16,30H2,1-2H3. The second kappa shape index (κ2) is 10.8. The summed E-state index contributed by atoms with van der Waals surface area (Å²) in [5.74, 6) is -1.39. The number of benzene rings is 2. The number of halogens is 2. The fourth-order valence-electron chi connectivity index (χ4n) is 4.34. The fourth-order valence-corrected chi connectivity index (χ4v) is 4.34. The van der Waals surface area contributed by atoms with Crippen molar-refractivity contribution < 1.29 is 27.8 Å². The number of methoxy groups -OCH3 is 1. The number of hydrazone groups is 1. The molecule has 37 heavy (non-hydrogen) atoms. The lowest BCUT2D eigenvalue weighted by Crippen LogP contribution is -2.60. The van der Waals surface area contributed by atoms with Gasteiger partial charge in [-0.05, 0) is 36.8 Å². The van der Waals surface area contributed by atoms with Gasteiger partial charge in [-0.2, -0.15) is 13.9 Å². The molecule has 2 aromatic carbocycles. The molecule has 0 fully saturated rings. The molecule has 1 amide bonds. The van der Waals surface area contributed by atoms with Gasteiger partial charge in [-0.1, -0.05) is 37.3 Å². The molecule has 8 nitrogen and oxygen atoms in total. The number of ether oxygens (including phenoxy) is 2. The molecule has 2 N–H and O–H groups in total. The van der Waals surface area contributed by atoms with Gasteiger partial charge >= 0.3 is 6.61 Å².